The lowest BCUT2D eigenvalue weighted by molar-refractivity contribution is 0.133. The SMILES string of the molecule is NOCCCCCCOc1cc(CBr)cc(CBr)c1. The minimum absolute atomic E-state index is 0.642. The molecule has 0 radical (unpaired) electrons. The smallest absolute Gasteiger partial charge is 0.119 e. The molecule has 0 aliphatic heterocycles. The normalized spacial score (nSPS) is 10.7. The van der Waals surface area contributed by atoms with Crippen molar-refractivity contribution in [1.82, 2.24) is 0 Å². The first-order valence-electron chi connectivity index (χ1n) is 6.49. The summed E-state index contributed by atoms with van der Waals surface area (Å²) in [7, 11) is 0. The van der Waals surface area contributed by atoms with Gasteiger partial charge in [-0.1, -0.05) is 44.3 Å². The summed E-state index contributed by atoms with van der Waals surface area (Å²) in [6, 6.07) is 6.34. The fourth-order valence-corrected chi connectivity index (χ4v) is 2.44. The number of unbranched alkanes of at least 4 members (excludes halogenated alkanes) is 3. The number of hydrogen-bond donors (Lipinski definition) is 1. The molecule has 0 spiro atoms. The number of alkyl halides is 2. The fourth-order valence-electron chi connectivity index (χ4n) is 1.80. The largest absolute Gasteiger partial charge is 0.494 e. The van der Waals surface area contributed by atoms with Crippen LogP contribution < -0.4 is 10.6 Å². The van der Waals surface area contributed by atoms with E-state index >= 15 is 0 Å². The van der Waals surface area contributed by atoms with Crippen molar-refractivity contribution in [3.63, 3.8) is 0 Å². The summed E-state index contributed by atoms with van der Waals surface area (Å²) in [5.41, 5.74) is 2.49. The molecule has 0 amide bonds. The standard InChI is InChI=1S/C14H21Br2NO2/c15-10-12-7-13(11-16)9-14(8-12)18-5-3-1-2-4-6-19-17/h7-9H,1-6,10-11,17H2. The summed E-state index contributed by atoms with van der Waals surface area (Å²) in [6.45, 7) is 1.40. The fraction of sp³-hybridized carbons (Fsp3) is 0.571. The highest BCUT2D eigenvalue weighted by Gasteiger charge is 2.01. The Hall–Kier alpha value is -0.100. The van der Waals surface area contributed by atoms with Gasteiger partial charge in [-0.25, -0.2) is 5.90 Å². The van der Waals surface area contributed by atoms with Gasteiger partial charge in [0.25, 0.3) is 0 Å². The second-order valence-electron chi connectivity index (χ2n) is 4.39. The average Bonchev–Trinajstić information content (AvgIpc) is 2.45. The van der Waals surface area contributed by atoms with Crippen molar-refractivity contribution in [3.05, 3.63) is 29.3 Å². The first-order chi connectivity index (χ1) is 9.30. The van der Waals surface area contributed by atoms with E-state index in [9.17, 15) is 0 Å². The van der Waals surface area contributed by atoms with Crippen LogP contribution in [0.15, 0.2) is 18.2 Å². The molecule has 2 N–H and O–H groups in total. The third-order valence-corrected chi connectivity index (χ3v) is 4.05. The molecule has 0 bridgehead atoms. The maximum Gasteiger partial charge on any atom is 0.119 e. The highest BCUT2D eigenvalue weighted by molar-refractivity contribution is 9.08. The minimum atomic E-state index is 0.642. The van der Waals surface area contributed by atoms with Gasteiger partial charge in [0.05, 0.1) is 13.2 Å². The predicted molar refractivity (Wildman–Crippen MR) is 85.8 cm³/mol. The number of hydrogen-bond acceptors (Lipinski definition) is 3. The highest BCUT2D eigenvalue weighted by atomic mass is 79.9. The summed E-state index contributed by atoms with van der Waals surface area (Å²) in [4.78, 5) is 4.53. The Labute approximate surface area is 132 Å². The van der Waals surface area contributed by atoms with Gasteiger partial charge < -0.3 is 9.57 Å². The molecule has 0 saturated carbocycles. The van der Waals surface area contributed by atoms with E-state index in [-0.39, 0.29) is 0 Å². The lowest BCUT2D eigenvalue weighted by Crippen LogP contribution is -2.01. The highest BCUT2D eigenvalue weighted by Crippen LogP contribution is 2.21. The molecule has 0 unspecified atom stereocenters. The molecular weight excluding hydrogens is 374 g/mol. The summed E-state index contributed by atoms with van der Waals surface area (Å²) in [5.74, 6) is 5.92. The molecule has 1 aromatic rings. The van der Waals surface area contributed by atoms with E-state index in [1.165, 1.54) is 11.1 Å². The second kappa shape index (κ2) is 10.7. The van der Waals surface area contributed by atoms with Crippen molar-refractivity contribution >= 4 is 31.9 Å². The Morgan fingerprint density at radius 3 is 1.95 bits per heavy atom. The van der Waals surface area contributed by atoms with E-state index in [1.54, 1.807) is 0 Å². The van der Waals surface area contributed by atoms with Gasteiger partial charge in [0, 0.05) is 10.7 Å². The quantitative estimate of drug-likeness (QED) is 0.365. The predicted octanol–water partition coefficient (Wildman–Crippen LogP) is 4.31. The molecule has 1 rings (SSSR count). The van der Waals surface area contributed by atoms with E-state index in [1.807, 2.05) is 0 Å². The molecule has 0 heterocycles. The van der Waals surface area contributed by atoms with E-state index in [0.29, 0.717) is 6.61 Å². The van der Waals surface area contributed by atoms with Crippen LogP contribution in [-0.2, 0) is 15.5 Å². The topological polar surface area (TPSA) is 44.5 Å². The van der Waals surface area contributed by atoms with Crippen molar-refractivity contribution in [2.45, 2.75) is 36.3 Å². The first kappa shape index (κ1) is 17.0. The minimum Gasteiger partial charge on any atom is -0.494 e. The molecule has 0 atom stereocenters. The molecule has 0 saturated heterocycles. The van der Waals surface area contributed by atoms with Crippen molar-refractivity contribution in [2.24, 2.45) is 5.90 Å². The van der Waals surface area contributed by atoms with Gasteiger partial charge in [-0.3, -0.25) is 0 Å². The molecule has 1 aromatic carbocycles. The van der Waals surface area contributed by atoms with Crippen LogP contribution in [0, 0.1) is 0 Å². The molecule has 108 valence electrons. The van der Waals surface area contributed by atoms with Gasteiger partial charge in [0.15, 0.2) is 0 Å². The second-order valence-corrected chi connectivity index (χ2v) is 5.51. The van der Waals surface area contributed by atoms with Crippen molar-refractivity contribution < 1.29 is 9.57 Å². The van der Waals surface area contributed by atoms with Crippen LogP contribution in [0.3, 0.4) is 0 Å². The molecule has 0 fully saturated rings. The number of benzene rings is 1. The van der Waals surface area contributed by atoms with Crippen LogP contribution in [0.5, 0.6) is 5.75 Å². The monoisotopic (exact) mass is 393 g/mol. The van der Waals surface area contributed by atoms with Gasteiger partial charge >= 0.3 is 0 Å². The van der Waals surface area contributed by atoms with Gasteiger partial charge in [0.1, 0.15) is 5.75 Å². The van der Waals surface area contributed by atoms with Crippen LogP contribution in [0.2, 0.25) is 0 Å². The Kier molecular flexibility index (Phi) is 9.51. The third kappa shape index (κ3) is 7.30. The third-order valence-electron chi connectivity index (χ3n) is 2.76. The zero-order valence-corrected chi connectivity index (χ0v) is 14.2. The first-order valence-corrected chi connectivity index (χ1v) is 8.73. The van der Waals surface area contributed by atoms with Crippen LogP contribution in [0.25, 0.3) is 0 Å². The molecule has 0 aliphatic rings. The van der Waals surface area contributed by atoms with Crippen LogP contribution >= 0.6 is 31.9 Å². The van der Waals surface area contributed by atoms with Crippen LogP contribution in [0.1, 0.15) is 36.8 Å². The summed E-state index contributed by atoms with van der Waals surface area (Å²) in [5, 5.41) is 1.70. The van der Waals surface area contributed by atoms with E-state index in [0.717, 1.165) is 48.7 Å². The lowest BCUT2D eigenvalue weighted by Gasteiger charge is -2.09. The number of halogens is 2. The van der Waals surface area contributed by atoms with Crippen molar-refractivity contribution in [2.75, 3.05) is 13.2 Å². The Morgan fingerprint density at radius 2 is 1.42 bits per heavy atom. The maximum absolute atomic E-state index is 5.80. The lowest BCUT2D eigenvalue weighted by atomic mass is 10.1. The van der Waals surface area contributed by atoms with E-state index in [4.69, 9.17) is 10.6 Å². The molecule has 5 heteroatoms. The molecular formula is C14H21Br2NO2. The summed E-state index contributed by atoms with van der Waals surface area (Å²) < 4.78 is 5.80. The van der Waals surface area contributed by atoms with Crippen molar-refractivity contribution in [1.29, 1.82) is 0 Å². The van der Waals surface area contributed by atoms with E-state index in [2.05, 4.69) is 54.9 Å². The average molecular weight is 395 g/mol. The summed E-state index contributed by atoms with van der Waals surface area (Å²) >= 11 is 6.96. The zero-order valence-electron chi connectivity index (χ0n) is 11.0. The molecule has 0 aromatic heterocycles. The number of rotatable bonds is 10. The number of nitrogens with two attached hydrogens (primary N) is 1. The van der Waals surface area contributed by atoms with Crippen molar-refractivity contribution in [3.8, 4) is 5.75 Å². The molecule has 19 heavy (non-hydrogen) atoms. The Bertz CT molecular complexity index is 339. The van der Waals surface area contributed by atoms with Crippen LogP contribution in [0.4, 0.5) is 0 Å². The van der Waals surface area contributed by atoms with Gasteiger partial charge in [0.2, 0.25) is 0 Å². The van der Waals surface area contributed by atoms with Gasteiger partial charge in [-0.15, -0.1) is 0 Å². The van der Waals surface area contributed by atoms with E-state index < -0.39 is 0 Å². The zero-order chi connectivity index (χ0) is 13.9. The van der Waals surface area contributed by atoms with Gasteiger partial charge in [-0.2, -0.15) is 0 Å². The van der Waals surface area contributed by atoms with Crippen LogP contribution in [-0.4, -0.2) is 13.2 Å². The Balaban J connectivity index is 2.28. The molecule has 3 nitrogen and oxygen atoms in total. The maximum atomic E-state index is 5.80. The molecule has 0 aliphatic carbocycles. The van der Waals surface area contributed by atoms with Gasteiger partial charge in [-0.05, 0) is 42.5 Å². The Morgan fingerprint density at radius 1 is 0.842 bits per heavy atom. The summed E-state index contributed by atoms with van der Waals surface area (Å²) in [6.07, 6.45) is 4.36. The number of ether oxygens (including phenoxy) is 1.